The molecule has 0 aliphatic carbocycles. The van der Waals surface area contributed by atoms with Crippen molar-refractivity contribution in [3.63, 3.8) is 0 Å². The van der Waals surface area contributed by atoms with Crippen LogP contribution in [0.2, 0.25) is 0 Å². The minimum Gasteiger partial charge on any atom is -0.478 e. The summed E-state index contributed by atoms with van der Waals surface area (Å²) in [5, 5.41) is 15.6. The number of rotatable bonds is 2. The summed E-state index contributed by atoms with van der Waals surface area (Å²) in [7, 11) is 0. The predicted molar refractivity (Wildman–Crippen MR) is 30.2 cm³/mol. The molecule has 0 unspecified atom stereocenters. The van der Waals surface area contributed by atoms with E-state index in [2.05, 4.69) is 0 Å². The number of hydrogen-bond donors (Lipinski definition) is 2. The topological polar surface area (TPSA) is 74.6 Å². The van der Waals surface area contributed by atoms with E-state index in [0.717, 1.165) is 0 Å². The molecule has 0 saturated carbocycles. The van der Waals surface area contributed by atoms with Crippen LogP contribution in [0.5, 0.6) is 0 Å². The van der Waals surface area contributed by atoms with Crippen molar-refractivity contribution in [2.24, 2.45) is 0 Å². The summed E-state index contributed by atoms with van der Waals surface area (Å²) in [6.07, 6.45) is 1.12. The van der Waals surface area contributed by atoms with Crippen LogP contribution in [-0.2, 0) is 26.7 Å². The van der Waals surface area contributed by atoms with Gasteiger partial charge in [0.1, 0.15) is 0 Å². The zero-order valence-corrected chi connectivity index (χ0v) is 5.90. The molecule has 0 saturated heterocycles. The summed E-state index contributed by atoms with van der Waals surface area (Å²) >= 11 is 0. The van der Waals surface area contributed by atoms with E-state index in [4.69, 9.17) is 10.2 Å². The molecule has 3 radical (unpaired) electrons. The van der Waals surface area contributed by atoms with Gasteiger partial charge in [-0.3, -0.25) is 0 Å². The summed E-state index contributed by atoms with van der Waals surface area (Å²) in [6, 6.07) is 0. The maximum atomic E-state index is 9.55. The number of hydrogen-bond acceptors (Lipinski definition) is 2. The smallest absolute Gasteiger partial charge is 0.328 e. The summed E-state index contributed by atoms with van der Waals surface area (Å²) in [6.45, 7) is 0. The second-order valence-corrected chi connectivity index (χ2v) is 1.01. The van der Waals surface area contributed by atoms with Crippen LogP contribution in [0.1, 0.15) is 0 Å². The Morgan fingerprint density at radius 2 is 1.20 bits per heavy atom. The Hall–Kier alpha value is -0.736. The molecule has 6 heteroatoms. The number of aliphatic carboxylic acids is 2. The molecule has 4 nitrogen and oxygen atoms in total. The van der Waals surface area contributed by atoms with Gasteiger partial charge >= 0.3 is 11.9 Å². The molecule has 0 aromatic carbocycles. The molecule has 0 spiro atoms. The van der Waals surface area contributed by atoms with Gasteiger partial charge in [-0.05, 0) is 0 Å². The maximum absolute atomic E-state index is 9.55. The van der Waals surface area contributed by atoms with Crippen molar-refractivity contribution >= 4 is 20.4 Å². The molecule has 0 bridgehead atoms. The third-order valence-corrected chi connectivity index (χ3v) is 0.368. The molecule has 0 heterocycles. The van der Waals surface area contributed by atoms with Crippen LogP contribution in [0.25, 0.3) is 0 Å². The van der Waals surface area contributed by atoms with E-state index in [-0.39, 0.29) is 25.5 Å². The summed E-state index contributed by atoms with van der Waals surface area (Å²) in [4.78, 5) is 19.1. The molecule has 2 N–H and O–H groups in total. The van der Waals surface area contributed by atoms with Crippen molar-refractivity contribution in [2.45, 2.75) is 0 Å². The Bertz CT molecular complexity index is 128. The van der Waals surface area contributed by atoms with E-state index in [0.29, 0.717) is 12.2 Å². The zero-order chi connectivity index (χ0) is 6.57. The fourth-order valence-electron chi connectivity index (χ4n) is 0.143. The molecule has 0 rings (SSSR count). The van der Waals surface area contributed by atoms with Crippen LogP contribution in [0.4, 0.5) is 0 Å². The Labute approximate surface area is 70.0 Å². The van der Waals surface area contributed by atoms with Gasteiger partial charge in [0.25, 0.3) is 0 Å². The van der Waals surface area contributed by atoms with E-state index in [1.807, 2.05) is 0 Å². The molecule has 0 aliphatic rings. The number of carboxylic acids is 2. The minimum atomic E-state index is -1.26. The average molecular weight is 183 g/mol. The van der Waals surface area contributed by atoms with Crippen molar-refractivity contribution in [2.75, 3.05) is 0 Å². The van der Waals surface area contributed by atoms with Gasteiger partial charge in [-0.2, -0.15) is 0 Å². The standard InChI is InChI=1S/C4H4O4.B.Fe/c5-3(6)1-2-4(7)8;;/h1-2H,(H,5,6)(H,7,8);;/b2-1+;;. The second kappa shape index (κ2) is 8.26. The summed E-state index contributed by atoms with van der Waals surface area (Å²) in [5.74, 6) is -2.51. The molecule has 0 aromatic heterocycles. The van der Waals surface area contributed by atoms with Gasteiger partial charge in [0.15, 0.2) is 0 Å². The molecule has 0 aromatic rings. The van der Waals surface area contributed by atoms with E-state index < -0.39 is 11.9 Å². The van der Waals surface area contributed by atoms with Crippen molar-refractivity contribution in [3.8, 4) is 0 Å². The molecule has 10 heavy (non-hydrogen) atoms. The SMILES string of the molecule is O=C(O)/C=C/C(=O)O.[B].[Fe]. The first-order valence-electron chi connectivity index (χ1n) is 1.77. The predicted octanol–water partition coefficient (Wildman–Crippen LogP) is -0.671. The molecule has 0 fully saturated rings. The maximum Gasteiger partial charge on any atom is 0.328 e. The van der Waals surface area contributed by atoms with Crippen molar-refractivity contribution in [1.29, 1.82) is 0 Å². The van der Waals surface area contributed by atoms with Gasteiger partial charge in [-0.1, -0.05) is 0 Å². The van der Waals surface area contributed by atoms with E-state index in [1.165, 1.54) is 0 Å². The van der Waals surface area contributed by atoms with Crippen LogP contribution in [-0.4, -0.2) is 30.6 Å². The fraction of sp³-hybridized carbons (Fsp3) is 0. The van der Waals surface area contributed by atoms with Crippen molar-refractivity contribution < 1.29 is 36.9 Å². The molecular weight excluding hydrogens is 179 g/mol. The molecular formula is C4H4BFeO4. The van der Waals surface area contributed by atoms with Crippen molar-refractivity contribution in [3.05, 3.63) is 12.2 Å². The van der Waals surface area contributed by atoms with E-state index >= 15 is 0 Å². The monoisotopic (exact) mass is 183 g/mol. The van der Waals surface area contributed by atoms with Gasteiger partial charge in [-0.15, -0.1) is 0 Å². The third-order valence-electron chi connectivity index (χ3n) is 0.368. The largest absolute Gasteiger partial charge is 0.478 e. The normalized spacial score (nSPS) is 7.60. The van der Waals surface area contributed by atoms with Gasteiger partial charge in [0.05, 0.1) is 0 Å². The summed E-state index contributed by atoms with van der Waals surface area (Å²) < 4.78 is 0. The van der Waals surface area contributed by atoms with E-state index in [9.17, 15) is 9.59 Å². The molecule has 55 valence electrons. The summed E-state index contributed by atoms with van der Waals surface area (Å²) in [5.41, 5.74) is 0. The van der Waals surface area contributed by atoms with Crippen LogP contribution < -0.4 is 0 Å². The van der Waals surface area contributed by atoms with Gasteiger partial charge in [-0.25, -0.2) is 9.59 Å². The fourth-order valence-corrected chi connectivity index (χ4v) is 0.143. The first kappa shape index (κ1) is 16.1. The Kier molecular flexibility index (Phi) is 13.3. The Morgan fingerprint density at radius 1 is 1.00 bits per heavy atom. The first-order valence-corrected chi connectivity index (χ1v) is 1.77. The van der Waals surface area contributed by atoms with Gasteiger partial charge < -0.3 is 10.2 Å². The number of carboxylic acid groups (broad SMARTS) is 2. The van der Waals surface area contributed by atoms with Crippen molar-refractivity contribution in [1.82, 2.24) is 0 Å². The van der Waals surface area contributed by atoms with Crippen LogP contribution in [0.15, 0.2) is 12.2 Å². The minimum absolute atomic E-state index is 0. The van der Waals surface area contributed by atoms with Crippen LogP contribution >= 0.6 is 0 Å². The average Bonchev–Trinajstić information content (AvgIpc) is 1.61. The Morgan fingerprint density at radius 3 is 1.30 bits per heavy atom. The Balaban J connectivity index is -0.000000245. The number of carbonyl (C=O) groups is 2. The second-order valence-electron chi connectivity index (χ2n) is 1.01. The molecule has 0 aliphatic heterocycles. The van der Waals surface area contributed by atoms with Gasteiger partial charge in [0.2, 0.25) is 0 Å². The molecule has 0 atom stereocenters. The zero-order valence-electron chi connectivity index (χ0n) is 4.80. The third kappa shape index (κ3) is 15.7. The quantitative estimate of drug-likeness (QED) is 0.439. The van der Waals surface area contributed by atoms with Crippen LogP contribution in [0, 0.1) is 0 Å². The molecule has 0 amide bonds. The van der Waals surface area contributed by atoms with Crippen LogP contribution in [0.3, 0.4) is 0 Å². The first-order chi connectivity index (χ1) is 3.63. The van der Waals surface area contributed by atoms with Gasteiger partial charge in [0, 0.05) is 37.6 Å². The van der Waals surface area contributed by atoms with E-state index in [1.54, 1.807) is 0 Å².